The van der Waals surface area contributed by atoms with E-state index in [0.29, 0.717) is 12.8 Å². The maximum Gasteiger partial charge on any atom is 0.411 e. The Hall–Kier alpha value is -1.13. The Kier molecular flexibility index (Phi) is 2.96. The topological polar surface area (TPSA) is 46.6 Å². The fourth-order valence-corrected chi connectivity index (χ4v) is 3.32. The number of rotatable bonds is 0. The molecule has 3 atom stereocenters. The molecular weight excluding hydrogens is 249 g/mol. The van der Waals surface area contributed by atoms with E-state index in [0.717, 1.165) is 0 Å². The van der Waals surface area contributed by atoms with Gasteiger partial charge in [-0.1, -0.05) is 0 Å². The molecule has 0 spiro atoms. The molecule has 0 aromatic rings. The molecule has 0 aliphatic carbocycles. The maximum absolute atomic E-state index is 14.3. The van der Waals surface area contributed by atoms with Crippen molar-refractivity contribution in [2.45, 2.75) is 76.7 Å². The Labute approximate surface area is 113 Å². The zero-order valence-electron chi connectivity index (χ0n) is 12.2. The van der Waals surface area contributed by atoms with Gasteiger partial charge in [0.2, 0.25) is 0 Å². The molecular formula is C14H22FNO3. The lowest BCUT2D eigenvalue weighted by atomic mass is 9.83. The van der Waals surface area contributed by atoms with Gasteiger partial charge in [-0.15, -0.1) is 0 Å². The maximum atomic E-state index is 14.3. The molecule has 2 saturated heterocycles. The fourth-order valence-electron chi connectivity index (χ4n) is 3.32. The smallest absolute Gasteiger partial charge is 0.411 e. The van der Waals surface area contributed by atoms with Gasteiger partial charge in [0.25, 0.3) is 0 Å². The highest BCUT2D eigenvalue weighted by molar-refractivity contribution is 5.89. The van der Waals surface area contributed by atoms with Crippen LogP contribution in [0.1, 0.15) is 53.9 Å². The van der Waals surface area contributed by atoms with Gasteiger partial charge in [-0.05, 0) is 47.5 Å². The lowest BCUT2D eigenvalue weighted by Crippen LogP contribution is -2.65. The van der Waals surface area contributed by atoms with Crippen molar-refractivity contribution in [3.63, 3.8) is 0 Å². The largest absolute Gasteiger partial charge is 0.444 e. The first-order valence-electron chi connectivity index (χ1n) is 6.70. The van der Waals surface area contributed by atoms with Gasteiger partial charge in [0, 0.05) is 6.42 Å². The number of ketones is 1. The van der Waals surface area contributed by atoms with Crippen LogP contribution in [0.15, 0.2) is 0 Å². The minimum atomic E-state index is -1.62. The standard InChI is InChI=1S/C14H22FNO3/c1-12(2,3)19-11(18)16-13(4)6-7-14(16,5)10(15)9(17)8-13/h10H,6-8H2,1-5H3/t10-,13+,14-/m1/s1. The number of fused-ring (bicyclic) bond motifs is 2. The normalized spacial score (nSPS) is 38.5. The summed E-state index contributed by atoms with van der Waals surface area (Å²) in [6.45, 7) is 8.81. The molecule has 0 unspecified atom stereocenters. The van der Waals surface area contributed by atoms with Crippen molar-refractivity contribution in [3.8, 4) is 0 Å². The van der Waals surface area contributed by atoms with E-state index in [1.54, 1.807) is 27.7 Å². The number of hydrogen-bond donors (Lipinski definition) is 0. The third kappa shape index (κ3) is 2.13. The Bertz CT molecular complexity index is 431. The summed E-state index contributed by atoms with van der Waals surface area (Å²) in [5.41, 5.74) is -2.31. The van der Waals surface area contributed by atoms with Crippen LogP contribution in [0.5, 0.6) is 0 Å². The van der Waals surface area contributed by atoms with Crippen LogP contribution in [0, 0.1) is 0 Å². The first-order valence-corrected chi connectivity index (χ1v) is 6.70. The molecule has 2 aliphatic rings. The molecule has 0 aromatic heterocycles. The summed E-state index contributed by atoms with van der Waals surface area (Å²) >= 11 is 0. The average molecular weight is 271 g/mol. The van der Waals surface area contributed by atoms with E-state index in [9.17, 15) is 14.0 Å². The van der Waals surface area contributed by atoms with Crippen molar-refractivity contribution in [1.82, 2.24) is 4.90 Å². The highest BCUT2D eigenvalue weighted by atomic mass is 19.1. The van der Waals surface area contributed by atoms with Crippen LogP contribution >= 0.6 is 0 Å². The minimum absolute atomic E-state index is 0.0724. The number of carbonyl (C=O) groups excluding carboxylic acids is 2. The van der Waals surface area contributed by atoms with Crippen LogP contribution in [-0.2, 0) is 9.53 Å². The Morgan fingerprint density at radius 2 is 1.95 bits per heavy atom. The Balaban J connectivity index is 2.34. The van der Waals surface area contributed by atoms with E-state index in [1.807, 2.05) is 6.92 Å². The lowest BCUT2D eigenvalue weighted by molar-refractivity contribution is -0.139. The molecule has 1 amide bonds. The highest BCUT2D eigenvalue weighted by Gasteiger charge is 2.63. The number of ether oxygens (including phenoxy) is 1. The number of piperidine rings is 1. The van der Waals surface area contributed by atoms with Gasteiger partial charge in [-0.2, -0.15) is 0 Å². The van der Waals surface area contributed by atoms with Crippen molar-refractivity contribution in [1.29, 1.82) is 0 Å². The molecule has 2 bridgehead atoms. The predicted octanol–water partition coefficient (Wildman–Crippen LogP) is 2.85. The summed E-state index contributed by atoms with van der Waals surface area (Å²) in [6.07, 6.45) is -0.936. The summed E-state index contributed by atoms with van der Waals surface area (Å²) in [4.78, 5) is 25.6. The summed E-state index contributed by atoms with van der Waals surface area (Å²) in [6, 6.07) is 0. The molecule has 19 heavy (non-hydrogen) atoms. The lowest BCUT2D eigenvalue weighted by Gasteiger charge is -2.48. The van der Waals surface area contributed by atoms with E-state index in [4.69, 9.17) is 4.74 Å². The molecule has 2 aliphatic heterocycles. The van der Waals surface area contributed by atoms with Crippen molar-refractivity contribution >= 4 is 11.9 Å². The first kappa shape index (κ1) is 14.3. The molecule has 2 heterocycles. The number of amides is 1. The number of Topliss-reactive ketones (excluding diaryl/α,β-unsaturated/α-hetero) is 1. The molecule has 108 valence electrons. The number of carbonyl (C=O) groups is 2. The molecule has 5 heteroatoms. The molecule has 2 rings (SSSR count). The van der Waals surface area contributed by atoms with Gasteiger partial charge in [0.05, 0.1) is 11.1 Å². The Morgan fingerprint density at radius 3 is 2.47 bits per heavy atom. The van der Waals surface area contributed by atoms with Crippen LogP contribution in [-0.4, -0.2) is 39.6 Å². The van der Waals surface area contributed by atoms with Gasteiger partial charge in [0.1, 0.15) is 5.60 Å². The van der Waals surface area contributed by atoms with Gasteiger partial charge in [-0.3, -0.25) is 9.69 Å². The quantitative estimate of drug-likeness (QED) is 0.680. The van der Waals surface area contributed by atoms with Crippen molar-refractivity contribution in [3.05, 3.63) is 0 Å². The second-order valence-corrected chi connectivity index (χ2v) is 7.18. The van der Waals surface area contributed by atoms with E-state index < -0.39 is 34.7 Å². The second kappa shape index (κ2) is 3.93. The number of nitrogens with zero attached hydrogens (tertiary/aromatic N) is 1. The Morgan fingerprint density at radius 1 is 1.37 bits per heavy atom. The molecule has 0 saturated carbocycles. The molecule has 0 radical (unpaired) electrons. The highest BCUT2D eigenvalue weighted by Crippen LogP contribution is 2.50. The van der Waals surface area contributed by atoms with E-state index >= 15 is 0 Å². The van der Waals surface area contributed by atoms with Crippen LogP contribution in [0.4, 0.5) is 9.18 Å². The number of halogens is 1. The van der Waals surface area contributed by atoms with E-state index in [2.05, 4.69) is 0 Å². The van der Waals surface area contributed by atoms with Crippen LogP contribution in [0.3, 0.4) is 0 Å². The second-order valence-electron chi connectivity index (χ2n) is 7.18. The van der Waals surface area contributed by atoms with Crippen molar-refractivity contribution in [2.24, 2.45) is 0 Å². The monoisotopic (exact) mass is 271 g/mol. The number of hydrogen-bond acceptors (Lipinski definition) is 3. The number of alkyl halides is 1. The summed E-state index contributed by atoms with van der Waals surface area (Å²) in [5, 5.41) is 0. The van der Waals surface area contributed by atoms with Gasteiger partial charge < -0.3 is 4.74 Å². The van der Waals surface area contributed by atoms with Gasteiger partial charge in [0.15, 0.2) is 12.0 Å². The minimum Gasteiger partial charge on any atom is -0.444 e. The predicted molar refractivity (Wildman–Crippen MR) is 68.6 cm³/mol. The average Bonchev–Trinajstić information content (AvgIpc) is 2.43. The van der Waals surface area contributed by atoms with Crippen molar-refractivity contribution < 1.29 is 18.7 Å². The summed E-state index contributed by atoms with van der Waals surface area (Å²) in [7, 11) is 0. The summed E-state index contributed by atoms with van der Waals surface area (Å²) < 4.78 is 19.6. The summed E-state index contributed by atoms with van der Waals surface area (Å²) in [5.74, 6) is -0.401. The molecule has 0 N–H and O–H groups in total. The van der Waals surface area contributed by atoms with E-state index in [1.165, 1.54) is 4.90 Å². The van der Waals surface area contributed by atoms with Crippen molar-refractivity contribution in [2.75, 3.05) is 0 Å². The van der Waals surface area contributed by atoms with Crippen LogP contribution < -0.4 is 0 Å². The molecule has 0 aromatic carbocycles. The van der Waals surface area contributed by atoms with Crippen LogP contribution in [0.25, 0.3) is 0 Å². The SMILES string of the molecule is CC(C)(C)OC(=O)N1[C@@]2(C)CC[C@]1(C)[C@H](F)C(=O)C2. The van der Waals surface area contributed by atoms with Gasteiger partial charge in [-0.25, -0.2) is 9.18 Å². The third-order valence-electron chi connectivity index (χ3n) is 4.18. The van der Waals surface area contributed by atoms with E-state index in [-0.39, 0.29) is 6.42 Å². The zero-order valence-corrected chi connectivity index (χ0v) is 12.2. The van der Waals surface area contributed by atoms with Gasteiger partial charge >= 0.3 is 6.09 Å². The zero-order chi connectivity index (χ0) is 14.6. The first-order chi connectivity index (χ1) is 8.50. The van der Waals surface area contributed by atoms with Crippen LogP contribution in [0.2, 0.25) is 0 Å². The molecule has 2 fully saturated rings. The third-order valence-corrected chi connectivity index (χ3v) is 4.18. The fraction of sp³-hybridized carbons (Fsp3) is 0.857. The molecule has 4 nitrogen and oxygen atoms in total.